The minimum atomic E-state index is -0.131. The molecule has 2 N–H and O–H groups in total. The van der Waals surface area contributed by atoms with Gasteiger partial charge in [0.2, 0.25) is 0 Å². The molecular weight excluding hydrogens is 258 g/mol. The van der Waals surface area contributed by atoms with Gasteiger partial charge in [0.25, 0.3) is 0 Å². The molecule has 0 bridgehead atoms. The molecule has 0 saturated heterocycles. The highest BCUT2D eigenvalue weighted by atomic mass is 14.7. The first-order valence-electron chi connectivity index (χ1n) is 7.24. The molecule has 0 aliphatic carbocycles. The van der Waals surface area contributed by atoms with Crippen LogP contribution in [0, 0.1) is 6.92 Å². The van der Waals surface area contributed by atoms with Crippen molar-refractivity contribution in [2.45, 2.75) is 26.3 Å². The van der Waals surface area contributed by atoms with E-state index < -0.39 is 0 Å². The van der Waals surface area contributed by atoms with Crippen LogP contribution in [0.3, 0.4) is 0 Å². The minimum absolute atomic E-state index is 0.131. The van der Waals surface area contributed by atoms with Crippen molar-refractivity contribution in [2.24, 2.45) is 5.73 Å². The second-order valence-electron chi connectivity index (χ2n) is 5.31. The number of pyridine rings is 2. The van der Waals surface area contributed by atoms with E-state index in [1.165, 1.54) is 5.56 Å². The van der Waals surface area contributed by atoms with Crippen molar-refractivity contribution in [3.63, 3.8) is 0 Å². The predicted octanol–water partition coefficient (Wildman–Crippen LogP) is 3.55. The number of fused-ring (bicyclic) bond motifs is 1. The molecule has 0 amide bonds. The van der Waals surface area contributed by atoms with Crippen LogP contribution in [0.5, 0.6) is 0 Å². The normalized spacial score (nSPS) is 12.5. The number of rotatable bonds is 3. The quantitative estimate of drug-likeness (QED) is 0.796. The SMILES string of the molecule is CCc1cnccc1C(N)c1ccc2nc(C)ccc2c1. The molecule has 3 heteroatoms. The van der Waals surface area contributed by atoms with Gasteiger partial charge in [-0.15, -0.1) is 0 Å². The summed E-state index contributed by atoms with van der Waals surface area (Å²) in [6.07, 6.45) is 4.65. The highest BCUT2D eigenvalue weighted by Crippen LogP contribution is 2.25. The van der Waals surface area contributed by atoms with Gasteiger partial charge in [0, 0.05) is 23.5 Å². The van der Waals surface area contributed by atoms with Crippen molar-refractivity contribution in [3.8, 4) is 0 Å². The zero-order chi connectivity index (χ0) is 14.8. The van der Waals surface area contributed by atoms with Crippen molar-refractivity contribution >= 4 is 10.9 Å². The van der Waals surface area contributed by atoms with E-state index in [9.17, 15) is 0 Å². The molecule has 0 aliphatic rings. The molecule has 1 aromatic carbocycles. The number of benzene rings is 1. The van der Waals surface area contributed by atoms with Gasteiger partial charge < -0.3 is 5.73 Å². The average Bonchev–Trinajstić information content (AvgIpc) is 2.53. The average molecular weight is 277 g/mol. The molecule has 106 valence electrons. The topological polar surface area (TPSA) is 51.8 Å². The zero-order valence-corrected chi connectivity index (χ0v) is 12.4. The molecule has 21 heavy (non-hydrogen) atoms. The molecule has 1 unspecified atom stereocenters. The number of aromatic nitrogens is 2. The maximum Gasteiger partial charge on any atom is 0.0705 e. The lowest BCUT2D eigenvalue weighted by Gasteiger charge is -2.16. The number of aryl methyl sites for hydroxylation is 2. The summed E-state index contributed by atoms with van der Waals surface area (Å²) in [6.45, 7) is 4.13. The third-order valence-corrected chi connectivity index (χ3v) is 3.87. The summed E-state index contributed by atoms with van der Waals surface area (Å²) in [6, 6.07) is 12.3. The molecule has 0 spiro atoms. The van der Waals surface area contributed by atoms with Crippen LogP contribution in [0.1, 0.15) is 35.3 Å². The fourth-order valence-corrected chi connectivity index (χ4v) is 2.66. The lowest BCUT2D eigenvalue weighted by Crippen LogP contribution is -2.14. The minimum Gasteiger partial charge on any atom is -0.320 e. The summed E-state index contributed by atoms with van der Waals surface area (Å²) in [5, 5.41) is 1.13. The van der Waals surface area contributed by atoms with Crippen LogP contribution in [0.15, 0.2) is 48.8 Å². The lowest BCUT2D eigenvalue weighted by molar-refractivity contribution is 0.845. The van der Waals surface area contributed by atoms with E-state index in [2.05, 4.69) is 35.1 Å². The van der Waals surface area contributed by atoms with Crippen LogP contribution in [0.2, 0.25) is 0 Å². The predicted molar refractivity (Wildman–Crippen MR) is 86.1 cm³/mol. The molecule has 0 radical (unpaired) electrons. The Labute approximate surface area is 124 Å². The van der Waals surface area contributed by atoms with E-state index >= 15 is 0 Å². The molecule has 2 heterocycles. The Morgan fingerprint density at radius 2 is 2.00 bits per heavy atom. The van der Waals surface area contributed by atoms with Gasteiger partial charge >= 0.3 is 0 Å². The molecule has 3 aromatic rings. The second-order valence-corrected chi connectivity index (χ2v) is 5.31. The van der Waals surface area contributed by atoms with Gasteiger partial charge in [0.05, 0.1) is 11.6 Å². The van der Waals surface area contributed by atoms with E-state index in [4.69, 9.17) is 5.73 Å². The van der Waals surface area contributed by atoms with Crippen LogP contribution < -0.4 is 5.73 Å². The summed E-state index contributed by atoms with van der Waals surface area (Å²) in [4.78, 5) is 8.72. The first-order valence-corrected chi connectivity index (χ1v) is 7.24. The molecular formula is C18H19N3. The number of nitrogens with two attached hydrogens (primary N) is 1. The fourth-order valence-electron chi connectivity index (χ4n) is 2.66. The summed E-state index contributed by atoms with van der Waals surface area (Å²) in [7, 11) is 0. The van der Waals surface area contributed by atoms with Gasteiger partial charge in [-0.05, 0) is 54.3 Å². The second kappa shape index (κ2) is 5.62. The number of hydrogen-bond donors (Lipinski definition) is 1. The van der Waals surface area contributed by atoms with Gasteiger partial charge in [-0.25, -0.2) is 0 Å². The number of nitrogens with zero attached hydrogens (tertiary/aromatic N) is 2. The Hall–Kier alpha value is -2.26. The van der Waals surface area contributed by atoms with Gasteiger partial charge in [0.1, 0.15) is 0 Å². The molecule has 0 aliphatic heterocycles. The molecule has 1 atom stereocenters. The van der Waals surface area contributed by atoms with E-state index in [1.807, 2.05) is 31.3 Å². The Balaban J connectivity index is 2.05. The lowest BCUT2D eigenvalue weighted by atomic mass is 9.94. The van der Waals surface area contributed by atoms with Crippen LogP contribution in [0.25, 0.3) is 10.9 Å². The fraction of sp³-hybridized carbons (Fsp3) is 0.222. The standard InChI is InChI=1S/C18H19N3/c1-3-13-11-20-9-8-16(13)18(19)15-6-7-17-14(10-15)5-4-12(2)21-17/h4-11,18H,3,19H2,1-2H3. The van der Waals surface area contributed by atoms with Crippen LogP contribution in [-0.2, 0) is 6.42 Å². The summed E-state index contributed by atoms with van der Waals surface area (Å²) >= 11 is 0. The Morgan fingerprint density at radius 1 is 1.14 bits per heavy atom. The Morgan fingerprint density at radius 3 is 2.81 bits per heavy atom. The molecule has 0 saturated carbocycles. The molecule has 2 aromatic heterocycles. The highest BCUT2D eigenvalue weighted by Gasteiger charge is 2.13. The third-order valence-electron chi connectivity index (χ3n) is 3.87. The van der Waals surface area contributed by atoms with E-state index in [1.54, 1.807) is 6.20 Å². The summed E-state index contributed by atoms with van der Waals surface area (Å²) < 4.78 is 0. The summed E-state index contributed by atoms with van der Waals surface area (Å²) in [5.41, 5.74) is 12.0. The third kappa shape index (κ3) is 2.65. The first-order chi connectivity index (χ1) is 10.2. The van der Waals surface area contributed by atoms with Crippen LogP contribution >= 0.6 is 0 Å². The van der Waals surface area contributed by atoms with Crippen molar-refractivity contribution in [2.75, 3.05) is 0 Å². The maximum atomic E-state index is 6.47. The van der Waals surface area contributed by atoms with Crippen molar-refractivity contribution in [1.82, 2.24) is 9.97 Å². The van der Waals surface area contributed by atoms with Gasteiger partial charge in [-0.2, -0.15) is 0 Å². The largest absolute Gasteiger partial charge is 0.320 e. The highest BCUT2D eigenvalue weighted by molar-refractivity contribution is 5.79. The zero-order valence-electron chi connectivity index (χ0n) is 12.4. The van der Waals surface area contributed by atoms with Crippen molar-refractivity contribution < 1.29 is 0 Å². The van der Waals surface area contributed by atoms with Gasteiger partial charge in [-0.1, -0.05) is 19.1 Å². The van der Waals surface area contributed by atoms with Crippen molar-refractivity contribution in [1.29, 1.82) is 0 Å². The van der Waals surface area contributed by atoms with Gasteiger partial charge in [0.15, 0.2) is 0 Å². The molecule has 0 fully saturated rings. The first kappa shape index (κ1) is 13.7. The van der Waals surface area contributed by atoms with Crippen molar-refractivity contribution in [3.05, 3.63) is 71.2 Å². The van der Waals surface area contributed by atoms with Crippen LogP contribution in [-0.4, -0.2) is 9.97 Å². The monoisotopic (exact) mass is 277 g/mol. The number of hydrogen-bond acceptors (Lipinski definition) is 3. The summed E-state index contributed by atoms with van der Waals surface area (Å²) in [5.74, 6) is 0. The maximum absolute atomic E-state index is 6.47. The van der Waals surface area contributed by atoms with E-state index in [0.717, 1.165) is 34.1 Å². The van der Waals surface area contributed by atoms with E-state index in [0.29, 0.717) is 0 Å². The molecule has 3 nitrogen and oxygen atoms in total. The van der Waals surface area contributed by atoms with Crippen LogP contribution in [0.4, 0.5) is 0 Å². The smallest absolute Gasteiger partial charge is 0.0705 e. The molecule has 3 rings (SSSR count). The Bertz CT molecular complexity index is 780. The Kier molecular flexibility index (Phi) is 3.67. The van der Waals surface area contributed by atoms with E-state index in [-0.39, 0.29) is 6.04 Å². The van der Waals surface area contributed by atoms with Gasteiger partial charge in [-0.3, -0.25) is 9.97 Å².